The molecule has 0 aromatic rings. The van der Waals surface area contributed by atoms with E-state index in [1.807, 2.05) is 0 Å². The molecule has 0 N–H and O–H groups in total. The summed E-state index contributed by atoms with van der Waals surface area (Å²) < 4.78 is 0. The molecule has 1 heteroatoms. The zero-order valence-corrected chi connectivity index (χ0v) is 4.50. The monoisotopic (exact) mass is 116 g/mol. The Balaban J connectivity index is 0. The number of hydrogen-bond donors (Lipinski definition) is 0. The molecule has 0 aliphatic carbocycles. The van der Waals surface area contributed by atoms with Crippen LogP contribution in [0.15, 0.2) is 0 Å². The van der Waals surface area contributed by atoms with Crippen molar-refractivity contribution in [3.8, 4) is 0 Å². The SMILES string of the molecule is [CH2]CCC.[Co]. The molecule has 0 nitrogen and oxygen atoms in total. The van der Waals surface area contributed by atoms with Gasteiger partial charge < -0.3 is 0 Å². The summed E-state index contributed by atoms with van der Waals surface area (Å²) >= 11 is 0. The van der Waals surface area contributed by atoms with Crippen LogP contribution >= 0.6 is 0 Å². The number of rotatable bonds is 1. The molecule has 0 rings (SSSR count). The van der Waals surface area contributed by atoms with Crippen LogP contribution in [0.1, 0.15) is 19.8 Å². The molecule has 0 saturated heterocycles. The Morgan fingerprint density at radius 1 is 1.60 bits per heavy atom. The first-order chi connectivity index (χ1) is 1.91. The fraction of sp³-hybridized carbons (Fsp3) is 0.750. The van der Waals surface area contributed by atoms with Gasteiger partial charge in [0, 0.05) is 16.8 Å². The molecular formula is C4H9Co. The number of hydrogen-bond acceptors (Lipinski definition) is 0. The third kappa shape index (κ3) is 12.5. The molecule has 0 saturated carbocycles. The summed E-state index contributed by atoms with van der Waals surface area (Å²) in [5.41, 5.74) is 0. The van der Waals surface area contributed by atoms with Crippen LogP contribution in [0.25, 0.3) is 0 Å². The summed E-state index contributed by atoms with van der Waals surface area (Å²) in [6.07, 6.45) is 2.28. The van der Waals surface area contributed by atoms with Gasteiger partial charge in [-0.25, -0.2) is 0 Å². The van der Waals surface area contributed by atoms with Crippen LogP contribution in [-0.2, 0) is 16.8 Å². The second-order valence-electron chi connectivity index (χ2n) is 0.854. The molecule has 34 valence electrons. The van der Waals surface area contributed by atoms with Crippen LogP contribution in [0.2, 0.25) is 0 Å². The van der Waals surface area contributed by atoms with E-state index in [9.17, 15) is 0 Å². The molecule has 0 aromatic carbocycles. The van der Waals surface area contributed by atoms with Crippen molar-refractivity contribution < 1.29 is 16.8 Å². The fourth-order valence-corrected chi connectivity index (χ4v) is 0. The minimum Gasteiger partial charge on any atom is -0.0654 e. The summed E-state index contributed by atoms with van der Waals surface area (Å²) in [6, 6.07) is 0. The molecule has 5 heavy (non-hydrogen) atoms. The smallest absolute Gasteiger partial charge is 0 e. The van der Waals surface area contributed by atoms with Gasteiger partial charge in [0.2, 0.25) is 0 Å². The maximum Gasteiger partial charge on any atom is 0 e. The van der Waals surface area contributed by atoms with Crippen LogP contribution in [0.4, 0.5) is 0 Å². The summed E-state index contributed by atoms with van der Waals surface area (Å²) in [5, 5.41) is 0. The summed E-state index contributed by atoms with van der Waals surface area (Å²) in [6.45, 7) is 5.72. The Labute approximate surface area is 44.2 Å². The average molecular weight is 116 g/mol. The van der Waals surface area contributed by atoms with E-state index >= 15 is 0 Å². The van der Waals surface area contributed by atoms with Crippen molar-refractivity contribution in [3.63, 3.8) is 0 Å². The Morgan fingerprint density at radius 3 is 1.80 bits per heavy atom. The van der Waals surface area contributed by atoms with E-state index in [0.29, 0.717) is 0 Å². The van der Waals surface area contributed by atoms with Crippen molar-refractivity contribution in [1.29, 1.82) is 0 Å². The van der Waals surface area contributed by atoms with Crippen molar-refractivity contribution in [2.45, 2.75) is 19.8 Å². The largest absolute Gasteiger partial charge is 0.0654 e. The predicted octanol–water partition coefficient (Wildman–Crippen LogP) is 1.62. The first-order valence-corrected chi connectivity index (χ1v) is 1.71. The molecule has 0 aromatic heterocycles. The normalized spacial score (nSPS) is 6.00. The van der Waals surface area contributed by atoms with Gasteiger partial charge in [-0.05, 0) is 0 Å². The number of unbranched alkanes of at least 4 members (excludes halogenated alkanes) is 1. The minimum atomic E-state index is 0. The molecule has 0 spiro atoms. The van der Waals surface area contributed by atoms with Gasteiger partial charge in [-0.1, -0.05) is 26.7 Å². The Hall–Kier alpha value is 0.506. The van der Waals surface area contributed by atoms with Crippen LogP contribution in [0.3, 0.4) is 0 Å². The fourth-order valence-electron chi connectivity index (χ4n) is 0. The topological polar surface area (TPSA) is 0 Å². The van der Waals surface area contributed by atoms with Gasteiger partial charge in [-0.2, -0.15) is 0 Å². The van der Waals surface area contributed by atoms with Gasteiger partial charge in [0.15, 0.2) is 0 Å². The van der Waals surface area contributed by atoms with E-state index in [1.54, 1.807) is 0 Å². The third-order valence-corrected chi connectivity index (χ3v) is 0.354. The summed E-state index contributed by atoms with van der Waals surface area (Å²) in [4.78, 5) is 0. The van der Waals surface area contributed by atoms with Crippen molar-refractivity contribution in [1.82, 2.24) is 0 Å². The van der Waals surface area contributed by atoms with Gasteiger partial charge in [0.25, 0.3) is 0 Å². The van der Waals surface area contributed by atoms with E-state index in [1.165, 1.54) is 6.42 Å². The van der Waals surface area contributed by atoms with Crippen molar-refractivity contribution in [2.24, 2.45) is 0 Å². The quantitative estimate of drug-likeness (QED) is 0.488. The zero-order valence-electron chi connectivity index (χ0n) is 3.45. The summed E-state index contributed by atoms with van der Waals surface area (Å²) in [7, 11) is 0. The van der Waals surface area contributed by atoms with Crippen LogP contribution in [-0.4, -0.2) is 0 Å². The molecule has 0 amide bonds. The van der Waals surface area contributed by atoms with Gasteiger partial charge in [0.05, 0.1) is 0 Å². The maximum absolute atomic E-state index is 3.60. The molecule has 0 atom stereocenters. The van der Waals surface area contributed by atoms with Gasteiger partial charge >= 0.3 is 0 Å². The zero-order chi connectivity index (χ0) is 3.41. The van der Waals surface area contributed by atoms with Crippen molar-refractivity contribution in [3.05, 3.63) is 6.92 Å². The molecule has 0 fully saturated rings. The van der Waals surface area contributed by atoms with Crippen LogP contribution in [0.5, 0.6) is 0 Å². The second kappa shape index (κ2) is 8.82. The Kier molecular flexibility index (Phi) is 16.0. The van der Waals surface area contributed by atoms with Crippen molar-refractivity contribution in [2.75, 3.05) is 0 Å². The van der Waals surface area contributed by atoms with Crippen molar-refractivity contribution >= 4 is 0 Å². The van der Waals surface area contributed by atoms with Crippen LogP contribution in [0, 0.1) is 6.92 Å². The molecule has 0 bridgehead atoms. The predicted molar refractivity (Wildman–Crippen MR) is 20.3 cm³/mol. The molecule has 0 unspecified atom stereocenters. The van der Waals surface area contributed by atoms with E-state index in [2.05, 4.69) is 13.8 Å². The Bertz CT molecular complexity index is 5.61. The Morgan fingerprint density at radius 2 is 1.80 bits per heavy atom. The van der Waals surface area contributed by atoms with Gasteiger partial charge in [-0.15, -0.1) is 0 Å². The molecule has 0 aliphatic rings. The average Bonchev–Trinajstić information content (AvgIpc) is 1.37. The first-order valence-electron chi connectivity index (χ1n) is 1.71. The van der Waals surface area contributed by atoms with E-state index in [-0.39, 0.29) is 16.8 Å². The van der Waals surface area contributed by atoms with E-state index in [4.69, 9.17) is 0 Å². The summed E-state index contributed by atoms with van der Waals surface area (Å²) in [5.74, 6) is 0. The third-order valence-electron chi connectivity index (χ3n) is 0.354. The molecule has 2 radical (unpaired) electrons. The standard InChI is InChI=1S/C4H9.Co/c1-3-4-2;/h1,3-4H2,2H3;. The molecule has 0 heterocycles. The van der Waals surface area contributed by atoms with E-state index in [0.717, 1.165) is 6.42 Å². The van der Waals surface area contributed by atoms with Crippen LogP contribution < -0.4 is 0 Å². The second-order valence-corrected chi connectivity index (χ2v) is 0.854. The van der Waals surface area contributed by atoms with E-state index < -0.39 is 0 Å². The molecule has 0 aliphatic heterocycles. The first kappa shape index (κ1) is 9.10. The maximum atomic E-state index is 3.60. The van der Waals surface area contributed by atoms with Gasteiger partial charge in [0.1, 0.15) is 0 Å². The molecular weight excluding hydrogens is 107 g/mol. The van der Waals surface area contributed by atoms with Gasteiger partial charge in [-0.3, -0.25) is 0 Å². The minimum absolute atomic E-state index is 0.